The Balaban J connectivity index is 1.99. The van der Waals surface area contributed by atoms with Crippen LogP contribution in [0.4, 0.5) is 5.69 Å². The highest BCUT2D eigenvalue weighted by Gasteiger charge is 2.17. The number of pyridine rings is 2. The summed E-state index contributed by atoms with van der Waals surface area (Å²) in [5.41, 5.74) is 2.76. The van der Waals surface area contributed by atoms with Crippen molar-refractivity contribution in [2.75, 3.05) is 5.32 Å². The predicted octanol–water partition coefficient (Wildman–Crippen LogP) is 2.18. The molecule has 3 aromatic rings. The minimum Gasteiger partial charge on any atom is -0.320 e. The summed E-state index contributed by atoms with van der Waals surface area (Å²) in [4.78, 5) is 20.8. The molecule has 0 aliphatic carbocycles. The molecule has 0 radical (unpaired) electrons. The molecule has 0 aliphatic rings. The Morgan fingerprint density at radius 1 is 1.24 bits per heavy atom. The molecule has 0 unspecified atom stereocenters. The van der Waals surface area contributed by atoms with Crippen LogP contribution in [-0.4, -0.2) is 25.7 Å². The van der Waals surface area contributed by atoms with Gasteiger partial charge in [-0.05, 0) is 30.7 Å². The Hall–Kier alpha value is -2.76. The Bertz CT molecular complexity index is 794. The second-order valence-corrected chi connectivity index (χ2v) is 4.69. The van der Waals surface area contributed by atoms with Gasteiger partial charge >= 0.3 is 0 Å². The molecule has 0 fully saturated rings. The van der Waals surface area contributed by atoms with Crippen LogP contribution in [0.25, 0.3) is 11.0 Å². The summed E-state index contributed by atoms with van der Waals surface area (Å²) >= 11 is 0. The Morgan fingerprint density at radius 3 is 2.71 bits per heavy atom. The third kappa shape index (κ3) is 2.47. The number of hydrogen-bond acceptors (Lipinski definition) is 4. The van der Waals surface area contributed by atoms with E-state index in [-0.39, 0.29) is 5.91 Å². The van der Waals surface area contributed by atoms with E-state index < -0.39 is 0 Å². The molecular formula is C15H15N5O. The molecule has 3 heterocycles. The maximum absolute atomic E-state index is 12.4. The van der Waals surface area contributed by atoms with Crippen LogP contribution >= 0.6 is 0 Å². The number of fused-ring (bicyclic) bond motifs is 1. The lowest BCUT2D eigenvalue weighted by atomic mass is 10.2. The molecule has 1 amide bonds. The highest BCUT2D eigenvalue weighted by Crippen LogP contribution is 2.18. The highest BCUT2D eigenvalue weighted by molar-refractivity contribution is 6.10. The number of nitrogens with one attached hydrogen (secondary N) is 1. The fourth-order valence-electron chi connectivity index (χ4n) is 2.16. The van der Waals surface area contributed by atoms with Crippen LogP contribution < -0.4 is 5.32 Å². The number of carbonyl (C=O) groups excluding carboxylic acids is 1. The van der Waals surface area contributed by atoms with E-state index in [1.165, 1.54) is 0 Å². The van der Waals surface area contributed by atoms with Crippen molar-refractivity contribution >= 4 is 22.6 Å². The molecule has 106 valence electrons. The summed E-state index contributed by atoms with van der Waals surface area (Å²) in [5.74, 6) is -0.252. The van der Waals surface area contributed by atoms with Gasteiger partial charge in [0.2, 0.25) is 0 Å². The number of rotatable bonds is 3. The topological polar surface area (TPSA) is 72.7 Å². The molecule has 0 atom stereocenters. The zero-order chi connectivity index (χ0) is 14.8. The number of hydrogen-bond donors (Lipinski definition) is 1. The second-order valence-electron chi connectivity index (χ2n) is 4.69. The molecule has 0 aromatic carbocycles. The zero-order valence-corrected chi connectivity index (χ0v) is 11.9. The van der Waals surface area contributed by atoms with Gasteiger partial charge in [0.1, 0.15) is 0 Å². The quantitative estimate of drug-likeness (QED) is 0.798. The van der Waals surface area contributed by atoms with Gasteiger partial charge in [-0.2, -0.15) is 5.10 Å². The van der Waals surface area contributed by atoms with E-state index in [9.17, 15) is 4.79 Å². The van der Waals surface area contributed by atoms with E-state index in [0.717, 1.165) is 17.5 Å². The Morgan fingerprint density at radius 2 is 2.00 bits per heavy atom. The smallest absolute Gasteiger partial charge is 0.276 e. The van der Waals surface area contributed by atoms with Crippen LogP contribution in [-0.2, 0) is 13.5 Å². The standard InChI is InChI=1S/C15H15N5O/c1-3-10-4-5-12-13(19-20(2)14(12)17-10)15(21)18-11-6-8-16-9-7-11/h4-9H,3H2,1-2H3,(H,16,18,21). The van der Waals surface area contributed by atoms with Crippen LogP contribution in [0, 0.1) is 0 Å². The van der Waals surface area contributed by atoms with E-state index in [4.69, 9.17) is 0 Å². The molecule has 6 heteroatoms. The number of aromatic nitrogens is 4. The lowest BCUT2D eigenvalue weighted by molar-refractivity contribution is 0.102. The molecule has 0 saturated heterocycles. The summed E-state index contributed by atoms with van der Waals surface area (Å²) in [7, 11) is 1.79. The van der Waals surface area contributed by atoms with Crippen molar-refractivity contribution in [2.45, 2.75) is 13.3 Å². The number of carbonyl (C=O) groups is 1. The van der Waals surface area contributed by atoms with Gasteiger partial charge in [-0.25, -0.2) is 9.67 Å². The summed E-state index contributed by atoms with van der Waals surface area (Å²) in [6.45, 7) is 2.04. The van der Waals surface area contributed by atoms with Gasteiger partial charge in [0.05, 0.1) is 5.39 Å². The third-order valence-electron chi connectivity index (χ3n) is 3.26. The van der Waals surface area contributed by atoms with Gasteiger partial charge in [-0.3, -0.25) is 9.78 Å². The highest BCUT2D eigenvalue weighted by atomic mass is 16.2. The van der Waals surface area contributed by atoms with Crippen molar-refractivity contribution in [1.82, 2.24) is 19.7 Å². The van der Waals surface area contributed by atoms with Crippen LogP contribution in [0.3, 0.4) is 0 Å². The van der Waals surface area contributed by atoms with Crippen molar-refractivity contribution in [1.29, 1.82) is 0 Å². The molecule has 0 saturated carbocycles. The van der Waals surface area contributed by atoms with Crippen LogP contribution in [0.1, 0.15) is 23.1 Å². The number of anilines is 1. The number of aryl methyl sites for hydroxylation is 2. The molecule has 21 heavy (non-hydrogen) atoms. The fraction of sp³-hybridized carbons (Fsp3) is 0.200. The first-order chi connectivity index (χ1) is 10.2. The minimum atomic E-state index is -0.252. The van der Waals surface area contributed by atoms with Crippen molar-refractivity contribution in [3.63, 3.8) is 0 Å². The van der Waals surface area contributed by atoms with Crippen molar-refractivity contribution in [3.05, 3.63) is 48.0 Å². The van der Waals surface area contributed by atoms with E-state index >= 15 is 0 Å². The monoisotopic (exact) mass is 281 g/mol. The van der Waals surface area contributed by atoms with E-state index in [1.54, 1.807) is 36.3 Å². The maximum Gasteiger partial charge on any atom is 0.276 e. The summed E-state index contributed by atoms with van der Waals surface area (Å²) < 4.78 is 1.63. The minimum absolute atomic E-state index is 0.252. The molecule has 3 rings (SSSR count). The fourth-order valence-corrected chi connectivity index (χ4v) is 2.16. The van der Waals surface area contributed by atoms with E-state index in [1.807, 2.05) is 19.1 Å². The first-order valence-corrected chi connectivity index (χ1v) is 6.73. The molecule has 0 bridgehead atoms. The molecule has 0 spiro atoms. The van der Waals surface area contributed by atoms with Crippen molar-refractivity contribution < 1.29 is 4.79 Å². The zero-order valence-electron chi connectivity index (χ0n) is 11.9. The van der Waals surface area contributed by atoms with Gasteiger partial charge in [-0.1, -0.05) is 6.92 Å². The van der Waals surface area contributed by atoms with Crippen molar-refractivity contribution in [2.24, 2.45) is 7.05 Å². The van der Waals surface area contributed by atoms with Gasteiger partial charge in [0.25, 0.3) is 5.91 Å². The van der Waals surface area contributed by atoms with E-state index in [2.05, 4.69) is 20.4 Å². The van der Waals surface area contributed by atoms with Gasteiger partial charge in [-0.15, -0.1) is 0 Å². The molecular weight excluding hydrogens is 266 g/mol. The summed E-state index contributed by atoms with van der Waals surface area (Å²) in [6.07, 6.45) is 4.10. The second kappa shape index (κ2) is 5.32. The Labute approximate surface area is 121 Å². The summed E-state index contributed by atoms with van der Waals surface area (Å²) in [6, 6.07) is 7.29. The van der Waals surface area contributed by atoms with Crippen molar-refractivity contribution in [3.8, 4) is 0 Å². The molecule has 6 nitrogen and oxygen atoms in total. The first kappa shape index (κ1) is 13.2. The van der Waals surface area contributed by atoms with Crippen LogP contribution in [0.2, 0.25) is 0 Å². The van der Waals surface area contributed by atoms with E-state index in [0.29, 0.717) is 17.0 Å². The molecule has 0 aliphatic heterocycles. The average molecular weight is 281 g/mol. The van der Waals surface area contributed by atoms with Crippen LogP contribution in [0.5, 0.6) is 0 Å². The SMILES string of the molecule is CCc1ccc2c(C(=O)Nc3ccncc3)nn(C)c2n1. The first-order valence-electron chi connectivity index (χ1n) is 6.73. The normalized spacial score (nSPS) is 10.8. The molecule has 1 N–H and O–H groups in total. The largest absolute Gasteiger partial charge is 0.320 e. The average Bonchev–Trinajstić information content (AvgIpc) is 2.85. The lowest BCUT2D eigenvalue weighted by Crippen LogP contribution is -2.13. The molecule has 3 aromatic heterocycles. The van der Waals surface area contributed by atoms with Gasteiger partial charge in [0, 0.05) is 30.8 Å². The predicted molar refractivity (Wildman–Crippen MR) is 80.1 cm³/mol. The third-order valence-corrected chi connectivity index (χ3v) is 3.26. The number of amides is 1. The maximum atomic E-state index is 12.4. The Kier molecular flexibility index (Phi) is 3.35. The lowest BCUT2D eigenvalue weighted by Gasteiger charge is -2.02. The summed E-state index contributed by atoms with van der Waals surface area (Å²) in [5, 5.41) is 7.85. The van der Waals surface area contributed by atoms with Gasteiger partial charge in [0.15, 0.2) is 11.3 Å². The van der Waals surface area contributed by atoms with Crippen LogP contribution in [0.15, 0.2) is 36.7 Å². The van der Waals surface area contributed by atoms with Gasteiger partial charge < -0.3 is 5.32 Å². The number of nitrogens with zero attached hydrogens (tertiary/aromatic N) is 4.